The van der Waals surface area contributed by atoms with E-state index in [1.54, 1.807) is 0 Å². The van der Waals surface area contributed by atoms with Crippen LogP contribution in [0.15, 0.2) is 12.2 Å². The Morgan fingerprint density at radius 1 is 0.545 bits per heavy atom. The quantitative estimate of drug-likeness (QED) is 0.0279. The second-order valence-electron chi connectivity index (χ2n) is 15.9. The van der Waals surface area contributed by atoms with Crippen LogP contribution in [0.1, 0.15) is 219 Å². The normalized spacial score (nSPS) is 13.4. The van der Waals surface area contributed by atoms with Crippen molar-refractivity contribution in [2.75, 3.05) is 40.5 Å². The molecule has 0 aliphatic heterocycles. The van der Waals surface area contributed by atoms with E-state index < -0.39 is 26.5 Å². The van der Waals surface area contributed by atoms with Crippen molar-refractivity contribution in [3.8, 4) is 0 Å². The van der Waals surface area contributed by atoms with E-state index in [0.29, 0.717) is 13.0 Å². The number of hydrogen-bond donors (Lipinski definition) is 1. The first-order valence-corrected chi connectivity index (χ1v) is 24.5. The van der Waals surface area contributed by atoms with Crippen LogP contribution in [0.25, 0.3) is 0 Å². The molecule has 0 fully saturated rings. The summed E-state index contributed by atoms with van der Waals surface area (Å²) in [6.45, 7) is 4.31. The van der Waals surface area contributed by atoms with Gasteiger partial charge in [-0.15, -0.1) is 0 Å². The fourth-order valence-corrected chi connectivity index (χ4v) is 7.23. The van der Waals surface area contributed by atoms with Gasteiger partial charge in [-0.2, -0.15) is 0 Å². The molecule has 0 aliphatic rings. The standard InChI is InChI=1S/C45H88NO8P/c1-5-7-9-11-13-15-17-18-19-20-21-22-23-24-25-26-28-30-32-34-36-38-45(48)54-43(42-53-55(49,50)52-40-39-46(3)4)41-51-44(47)37-35-33-31-29-27-16-14-12-10-8-6-2/h12,14,43H,5-11,13,15-42H2,1-4H3,(H,49,50)/b14-12-. The number of hydrogen-bond acceptors (Lipinski definition) is 8. The monoisotopic (exact) mass is 802 g/mol. The van der Waals surface area contributed by atoms with Gasteiger partial charge in [0.25, 0.3) is 0 Å². The maximum Gasteiger partial charge on any atom is 0.472 e. The summed E-state index contributed by atoms with van der Waals surface area (Å²) in [4.78, 5) is 37.0. The van der Waals surface area contributed by atoms with E-state index in [0.717, 1.165) is 57.8 Å². The van der Waals surface area contributed by atoms with Gasteiger partial charge in [0.1, 0.15) is 6.61 Å². The summed E-state index contributed by atoms with van der Waals surface area (Å²) in [6.07, 6.45) is 41.2. The topological polar surface area (TPSA) is 112 Å². The highest BCUT2D eigenvalue weighted by Crippen LogP contribution is 2.43. The van der Waals surface area contributed by atoms with Crippen LogP contribution in [0, 0.1) is 0 Å². The molecule has 326 valence electrons. The number of allylic oxidation sites excluding steroid dienone is 2. The van der Waals surface area contributed by atoms with Gasteiger partial charge in [0, 0.05) is 19.4 Å². The minimum atomic E-state index is -4.36. The zero-order valence-electron chi connectivity index (χ0n) is 36.4. The molecular weight excluding hydrogens is 713 g/mol. The lowest BCUT2D eigenvalue weighted by atomic mass is 10.0. The Kier molecular flexibility index (Phi) is 40.0. The van der Waals surface area contributed by atoms with E-state index in [9.17, 15) is 19.0 Å². The summed E-state index contributed by atoms with van der Waals surface area (Å²) in [5, 5.41) is 0. The molecule has 9 nitrogen and oxygen atoms in total. The molecule has 0 aromatic heterocycles. The predicted octanol–water partition coefficient (Wildman–Crippen LogP) is 13.2. The fourth-order valence-electron chi connectivity index (χ4n) is 6.49. The second kappa shape index (κ2) is 40.9. The van der Waals surface area contributed by atoms with Gasteiger partial charge in [-0.05, 0) is 46.2 Å². The van der Waals surface area contributed by atoms with E-state index in [2.05, 4.69) is 26.0 Å². The zero-order chi connectivity index (χ0) is 40.5. The first-order valence-electron chi connectivity index (χ1n) is 23.0. The third-order valence-corrected chi connectivity index (χ3v) is 11.1. The maximum atomic E-state index is 12.7. The number of unbranched alkanes of at least 4 members (excludes halogenated alkanes) is 27. The lowest BCUT2D eigenvalue weighted by molar-refractivity contribution is -0.161. The van der Waals surface area contributed by atoms with Gasteiger partial charge in [-0.25, -0.2) is 4.57 Å². The number of nitrogens with zero attached hydrogens (tertiary/aromatic N) is 1. The summed E-state index contributed by atoms with van der Waals surface area (Å²) in [6, 6.07) is 0. The Balaban J connectivity index is 4.15. The Morgan fingerprint density at radius 2 is 0.945 bits per heavy atom. The predicted molar refractivity (Wildman–Crippen MR) is 229 cm³/mol. The SMILES string of the molecule is CCCC/C=C\CCCCCCCC(=O)OCC(COP(=O)(O)OCCN(C)C)OC(=O)CCCCCCCCCCCCCCCCCCCCCCC. The average Bonchev–Trinajstić information content (AvgIpc) is 3.15. The minimum absolute atomic E-state index is 0.00928. The van der Waals surface area contributed by atoms with Crippen molar-refractivity contribution in [2.24, 2.45) is 0 Å². The van der Waals surface area contributed by atoms with E-state index in [-0.39, 0.29) is 32.0 Å². The van der Waals surface area contributed by atoms with Crippen LogP contribution in [0.3, 0.4) is 0 Å². The summed E-state index contributed by atoms with van der Waals surface area (Å²) in [5.74, 6) is -0.803. The molecule has 0 aliphatic carbocycles. The molecule has 0 saturated heterocycles. The third-order valence-electron chi connectivity index (χ3n) is 10.1. The number of esters is 2. The zero-order valence-corrected chi connectivity index (χ0v) is 37.3. The van der Waals surface area contributed by atoms with Crippen LogP contribution >= 0.6 is 7.82 Å². The Morgan fingerprint density at radius 3 is 1.40 bits per heavy atom. The van der Waals surface area contributed by atoms with Gasteiger partial charge < -0.3 is 19.3 Å². The van der Waals surface area contributed by atoms with Gasteiger partial charge in [0.15, 0.2) is 6.10 Å². The highest BCUT2D eigenvalue weighted by Gasteiger charge is 2.26. The molecule has 0 saturated carbocycles. The Labute approximate surface area is 339 Å². The molecule has 0 heterocycles. The van der Waals surface area contributed by atoms with Crippen molar-refractivity contribution in [1.29, 1.82) is 0 Å². The molecule has 0 bridgehead atoms. The van der Waals surface area contributed by atoms with E-state index in [4.69, 9.17) is 18.5 Å². The number of phosphoric acid groups is 1. The van der Waals surface area contributed by atoms with Crippen LogP contribution in [-0.4, -0.2) is 68.3 Å². The first-order chi connectivity index (χ1) is 26.7. The first kappa shape index (κ1) is 53.8. The Hall–Kier alpha value is -1.25. The smallest absolute Gasteiger partial charge is 0.462 e. The fraction of sp³-hybridized carbons (Fsp3) is 0.911. The molecule has 10 heteroatoms. The summed E-state index contributed by atoms with van der Waals surface area (Å²) in [7, 11) is -0.705. The summed E-state index contributed by atoms with van der Waals surface area (Å²) >= 11 is 0. The lowest BCUT2D eigenvalue weighted by Gasteiger charge is -2.20. The van der Waals surface area contributed by atoms with Crippen molar-refractivity contribution >= 4 is 19.8 Å². The number of likely N-dealkylation sites (N-methyl/N-ethyl adjacent to an activating group) is 1. The third kappa shape index (κ3) is 42.2. The maximum absolute atomic E-state index is 12.7. The largest absolute Gasteiger partial charge is 0.472 e. The van der Waals surface area contributed by atoms with Gasteiger partial charge in [-0.1, -0.05) is 187 Å². The van der Waals surface area contributed by atoms with Crippen LogP contribution in [0.4, 0.5) is 0 Å². The van der Waals surface area contributed by atoms with Crippen molar-refractivity contribution in [1.82, 2.24) is 4.90 Å². The molecule has 0 spiro atoms. The molecule has 0 amide bonds. The molecule has 0 aromatic carbocycles. The number of carbonyl (C=O) groups excluding carboxylic acids is 2. The highest BCUT2D eigenvalue weighted by atomic mass is 31.2. The number of rotatable bonds is 43. The van der Waals surface area contributed by atoms with E-state index in [1.165, 1.54) is 128 Å². The van der Waals surface area contributed by atoms with E-state index >= 15 is 0 Å². The molecule has 0 radical (unpaired) electrons. The molecule has 55 heavy (non-hydrogen) atoms. The van der Waals surface area contributed by atoms with Gasteiger partial charge in [0.05, 0.1) is 13.2 Å². The van der Waals surface area contributed by atoms with Crippen LogP contribution in [0.5, 0.6) is 0 Å². The number of ether oxygens (including phenoxy) is 2. The van der Waals surface area contributed by atoms with Crippen molar-refractivity contribution in [3.63, 3.8) is 0 Å². The molecule has 0 aromatic rings. The summed E-state index contributed by atoms with van der Waals surface area (Å²) < 4.78 is 33.5. The van der Waals surface area contributed by atoms with Crippen LogP contribution in [-0.2, 0) is 32.7 Å². The molecule has 0 rings (SSSR count). The lowest BCUT2D eigenvalue weighted by Crippen LogP contribution is -2.29. The van der Waals surface area contributed by atoms with Gasteiger partial charge in [0.2, 0.25) is 0 Å². The molecule has 2 unspecified atom stereocenters. The minimum Gasteiger partial charge on any atom is -0.462 e. The van der Waals surface area contributed by atoms with Crippen molar-refractivity contribution in [3.05, 3.63) is 12.2 Å². The van der Waals surface area contributed by atoms with E-state index in [1.807, 2.05) is 19.0 Å². The number of phosphoric ester groups is 1. The summed E-state index contributed by atoms with van der Waals surface area (Å²) in [5.41, 5.74) is 0. The highest BCUT2D eigenvalue weighted by molar-refractivity contribution is 7.47. The molecule has 2 atom stereocenters. The van der Waals surface area contributed by atoms with Crippen molar-refractivity contribution in [2.45, 2.75) is 225 Å². The number of carbonyl (C=O) groups is 2. The average molecular weight is 802 g/mol. The van der Waals surface area contributed by atoms with Crippen LogP contribution < -0.4 is 0 Å². The second-order valence-corrected chi connectivity index (χ2v) is 17.4. The molecular formula is C45H88NO8P. The van der Waals surface area contributed by atoms with Gasteiger partial charge in [-0.3, -0.25) is 18.6 Å². The van der Waals surface area contributed by atoms with Crippen LogP contribution in [0.2, 0.25) is 0 Å². The molecule has 1 N–H and O–H groups in total. The van der Waals surface area contributed by atoms with Crippen molar-refractivity contribution < 1.29 is 37.6 Å². The Bertz CT molecular complexity index is 931. The van der Waals surface area contributed by atoms with Gasteiger partial charge >= 0.3 is 19.8 Å².